The lowest BCUT2D eigenvalue weighted by atomic mass is 9.76. The van der Waals surface area contributed by atoms with Crippen LogP contribution < -0.4 is 4.74 Å². The van der Waals surface area contributed by atoms with Crippen LogP contribution in [-0.4, -0.2) is 69.5 Å². The molecule has 0 saturated carbocycles. The molecule has 2 fully saturated rings. The molecule has 0 aliphatic carbocycles. The first-order valence-electron chi connectivity index (χ1n) is 12.1. The van der Waals surface area contributed by atoms with Crippen molar-refractivity contribution in [1.29, 1.82) is 0 Å². The highest BCUT2D eigenvalue weighted by Gasteiger charge is 2.41. The average molecular weight is 556 g/mol. The Labute approximate surface area is 223 Å². The van der Waals surface area contributed by atoms with E-state index < -0.39 is 15.4 Å². The Hall–Kier alpha value is -1.84. The zero-order chi connectivity index (χ0) is 25.8. The third kappa shape index (κ3) is 6.92. The number of piperidine rings is 1. The molecule has 2 aromatic carbocycles. The van der Waals surface area contributed by atoms with Gasteiger partial charge in [0.1, 0.15) is 5.75 Å². The maximum Gasteiger partial charge on any atom is 0.223 e. The molecule has 196 valence electrons. The van der Waals surface area contributed by atoms with E-state index in [9.17, 15) is 13.2 Å². The third-order valence-electron chi connectivity index (χ3n) is 7.00. The molecule has 2 aliphatic heterocycles. The molecule has 2 aromatic rings. The Morgan fingerprint density at radius 1 is 1.03 bits per heavy atom. The molecule has 0 atom stereocenters. The number of carbonyl (C=O) groups is 1. The lowest BCUT2D eigenvalue weighted by Crippen LogP contribution is -2.49. The molecule has 0 spiro atoms. The fourth-order valence-corrected chi connectivity index (χ4v) is 6.46. The maximum absolute atomic E-state index is 13.2. The number of aryl methyl sites for hydroxylation is 1. The summed E-state index contributed by atoms with van der Waals surface area (Å²) in [7, 11) is -3.50. The Balaban J connectivity index is 1.46. The number of carbonyl (C=O) groups excluding carboxylic acids is 1. The normalized spacial score (nSPS) is 18.7. The van der Waals surface area contributed by atoms with Gasteiger partial charge in [-0.25, -0.2) is 12.7 Å². The highest BCUT2D eigenvalue weighted by molar-refractivity contribution is 7.88. The zero-order valence-corrected chi connectivity index (χ0v) is 22.7. The van der Waals surface area contributed by atoms with Crippen molar-refractivity contribution in [1.82, 2.24) is 9.21 Å². The van der Waals surface area contributed by atoms with Gasteiger partial charge in [0.25, 0.3) is 0 Å². The van der Waals surface area contributed by atoms with Gasteiger partial charge >= 0.3 is 0 Å². The van der Waals surface area contributed by atoms with Crippen molar-refractivity contribution in [3.05, 3.63) is 63.6 Å². The fourth-order valence-electron chi connectivity index (χ4n) is 4.68. The Morgan fingerprint density at radius 3 is 2.33 bits per heavy atom. The van der Waals surface area contributed by atoms with E-state index in [0.29, 0.717) is 86.6 Å². The summed E-state index contributed by atoms with van der Waals surface area (Å²) in [6, 6.07) is 12.4. The number of nitrogens with zero attached hydrogens (tertiary/aromatic N) is 2. The van der Waals surface area contributed by atoms with Crippen molar-refractivity contribution in [3.63, 3.8) is 0 Å². The van der Waals surface area contributed by atoms with E-state index in [1.807, 2.05) is 24.0 Å². The molecule has 0 aromatic heterocycles. The molecule has 2 aliphatic rings. The second-order valence-electron chi connectivity index (χ2n) is 9.65. The predicted octanol–water partition coefficient (Wildman–Crippen LogP) is 4.54. The zero-order valence-electron chi connectivity index (χ0n) is 20.4. The van der Waals surface area contributed by atoms with Crippen molar-refractivity contribution in [2.24, 2.45) is 5.41 Å². The number of hydrogen-bond acceptors (Lipinski definition) is 5. The van der Waals surface area contributed by atoms with Gasteiger partial charge in [-0.15, -0.1) is 0 Å². The Kier molecular flexibility index (Phi) is 8.83. The van der Waals surface area contributed by atoms with E-state index >= 15 is 0 Å². The molecule has 7 nitrogen and oxygen atoms in total. The molecule has 36 heavy (non-hydrogen) atoms. The van der Waals surface area contributed by atoms with E-state index in [1.54, 1.807) is 30.3 Å². The second kappa shape index (κ2) is 11.7. The smallest absolute Gasteiger partial charge is 0.223 e. The van der Waals surface area contributed by atoms with Gasteiger partial charge in [-0.2, -0.15) is 0 Å². The number of sulfonamides is 1. The molecule has 4 rings (SSSR count). The van der Waals surface area contributed by atoms with Crippen molar-refractivity contribution in [3.8, 4) is 5.75 Å². The second-order valence-corrected chi connectivity index (χ2v) is 12.5. The molecule has 0 unspecified atom stereocenters. The minimum absolute atomic E-state index is 0.0617. The first kappa shape index (κ1) is 27.2. The van der Waals surface area contributed by atoms with E-state index in [4.69, 9.17) is 32.7 Å². The predicted molar refractivity (Wildman–Crippen MR) is 141 cm³/mol. The largest absolute Gasteiger partial charge is 0.493 e. The van der Waals surface area contributed by atoms with Gasteiger partial charge in [-0.1, -0.05) is 35.3 Å². The fraction of sp³-hybridized carbons (Fsp3) is 0.500. The maximum atomic E-state index is 13.2. The van der Waals surface area contributed by atoms with Crippen molar-refractivity contribution >= 4 is 39.1 Å². The topological polar surface area (TPSA) is 76.2 Å². The lowest BCUT2D eigenvalue weighted by Gasteiger charge is -2.42. The van der Waals surface area contributed by atoms with Crippen LogP contribution in [0.3, 0.4) is 0 Å². The summed E-state index contributed by atoms with van der Waals surface area (Å²) >= 11 is 12.1. The summed E-state index contributed by atoms with van der Waals surface area (Å²) < 4.78 is 39.3. The van der Waals surface area contributed by atoms with Crippen LogP contribution in [0.2, 0.25) is 10.0 Å². The van der Waals surface area contributed by atoms with E-state index in [-0.39, 0.29) is 11.7 Å². The number of benzene rings is 2. The quantitative estimate of drug-likeness (QED) is 0.478. The minimum Gasteiger partial charge on any atom is -0.493 e. The molecule has 10 heteroatoms. The van der Waals surface area contributed by atoms with Crippen LogP contribution in [0.25, 0.3) is 0 Å². The van der Waals surface area contributed by atoms with Gasteiger partial charge in [-0.3, -0.25) is 4.79 Å². The van der Waals surface area contributed by atoms with Gasteiger partial charge in [0, 0.05) is 48.1 Å². The number of halogens is 2. The standard InChI is InChI=1S/C26H32Cl2N2O5S/c1-20-16-23(6-7-24(20)28)35-19-26(17-25(31)29-12-14-34-15-13-29)8-10-30(11-9-26)36(32,33)18-21-2-4-22(27)5-3-21/h2-7,16H,8-15,17-19H2,1H3. The highest BCUT2D eigenvalue weighted by Crippen LogP contribution is 2.38. The van der Waals surface area contributed by atoms with Crippen LogP contribution in [0.5, 0.6) is 5.75 Å². The van der Waals surface area contributed by atoms with Crippen molar-refractivity contribution in [2.75, 3.05) is 46.0 Å². The first-order valence-corrected chi connectivity index (χ1v) is 14.5. The number of amides is 1. The van der Waals surface area contributed by atoms with E-state index in [2.05, 4.69) is 0 Å². The van der Waals surface area contributed by atoms with Gasteiger partial charge in [0.15, 0.2) is 0 Å². The van der Waals surface area contributed by atoms with Gasteiger partial charge in [0.05, 0.1) is 25.6 Å². The summed E-state index contributed by atoms with van der Waals surface area (Å²) in [5, 5.41) is 1.23. The molecule has 0 bridgehead atoms. The number of hydrogen-bond donors (Lipinski definition) is 0. The lowest BCUT2D eigenvalue weighted by molar-refractivity contribution is -0.139. The minimum atomic E-state index is -3.50. The average Bonchev–Trinajstić information content (AvgIpc) is 2.87. The molecule has 0 radical (unpaired) electrons. The summed E-state index contributed by atoms with van der Waals surface area (Å²) in [5.74, 6) is 0.671. The molecule has 0 N–H and O–H groups in total. The van der Waals surface area contributed by atoms with Crippen LogP contribution in [-0.2, 0) is 25.3 Å². The van der Waals surface area contributed by atoms with Crippen LogP contribution in [0, 0.1) is 12.3 Å². The van der Waals surface area contributed by atoms with Crippen molar-refractivity contribution in [2.45, 2.75) is 31.9 Å². The molecule has 1 amide bonds. The Bertz CT molecular complexity index is 1160. The van der Waals surface area contributed by atoms with E-state index in [0.717, 1.165) is 5.56 Å². The SMILES string of the molecule is Cc1cc(OCC2(CC(=O)N3CCOCC3)CCN(S(=O)(=O)Cc3ccc(Cl)cc3)CC2)ccc1Cl. The summed E-state index contributed by atoms with van der Waals surface area (Å²) in [4.78, 5) is 15.0. The Morgan fingerprint density at radius 2 is 1.69 bits per heavy atom. The van der Waals surface area contributed by atoms with Crippen molar-refractivity contribution < 1.29 is 22.7 Å². The molecule has 2 heterocycles. The monoisotopic (exact) mass is 554 g/mol. The highest BCUT2D eigenvalue weighted by atomic mass is 35.5. The molecular formula is C26H32Cl2N2O5S. The van der Waals surface area contributed by atoms with Crippen LogP contribution >= 0.6 is 23.2 Å². The number of morpholine rings is 1. The van der Waals surface area contributed by atoms with Gasteiger partial charge in [0.2, 0.25) is 15.9 Å². The van der Waals surface area contributed by atoms with Gasteiger partial charge in [-0.05, 0) is 61.2 Å². The summed E-state index contributed by atoms with van der Waals surface area (Å²) in [6.07, 6.45) is 1.38. The van der Waals surface area contributed by atoms with E-state index in [1.165, 1.54) is 4.31 Å². The summed E-state index contributed by atoms with van der Waals surface area (Å²) in [6.45, 7) is 5.16. The third-order valence-corrected chi connectivity index (χ3v) is 9.53. The molecule has 2 saturated heterocycles. The number of rotatable bonds is 8. The van der Waals surface area contributed by atoms with Crippen LogP contribution in [0.4, 0.5) is 0 Å². The van der Waals surface area contributed by atoms with Crippen LogP contribution in [0.1, 0.15) is 30.4 Å². The van der Waals surface area contributed by atoms with Crippen LogP contribution in [0.15, 0.2) is 42.5 Å². The molecular weight excluding hydrogens is 523 g/mol. The first-order chi connectivity index (χ1) is 17.2. The summed E-state index contributed by atoms with van der Waals surface area (Å²) in [5.41, 5.74) is 1.14. The van der Waals surface area contributed by atoms with Gasteiger partial charge < -0.3 is 14.4 Å². The number of ether oxygens (including phenoxy) is 2.